The van der Waals surface area contributed by atoms with Crippen molar-refractivity contribution in [1.29, 1.82) is 0 Å². The van der Waals surface area contributed by atoms with Gasteiger partial charge in [0.1, 0.15) is 11.5 Å². The zero-order chi connectivity index (χ0) is 17.9. The molecule has 4 aromatic rings. The summed E-state index contributed by atoms with van der Waals surface area (Å²) >= 11 is 0. The molecule has 26 heavy (non-hydrogen) atoms. The third kappa shape index (κ3) is 3.19. The number of carbonyl (C=O) groups is 1. The van der Waals surface area contributed by atoms with E-state index >= 15 is 0 Å². The molecule has 2 aromatic heterocycles. The standard InChI is InChI=1S/C21H16FN3O/c22-17-11-12-18-23-21(24-19(26)13-15-7-3-1-4-8-15)20(25(18)14-17)16-9-5-2-6-10-16/h1-12,14H,13H2,(H,24,26). The maximum Gasteiger partial charge on any atom is 0.230 e. The number of hydrogen-bond acceptors (Lipinski definition) is 2. The second-order valence-electron chi connectivity index (χ2n) is 5.96. The van der Waals surface area contributed by atoms with E-state index in [0.29, 0.717) is 17.2 Å². The largest absolute Gasteiger partial charge is 0.309 e. The molecule has 0 spiro atoms. The van der Waals surface area contributed by atoms with Gasteiger partial charge in [-0.15, -0.1) is 0 Å². The van der Waals surface area contributed by atoms with Crippen molar-refractivity contribution in [2.45, 2.75) is 6.42 Å². The highest BCUT2D eigenvalue weighted by molar-refractivity contribution is 5.95. The molecule has 5 heteroatoms. The number of aromatic nitrogens is 2. The van der Waals surface area contributed by atoms with E-state index in [-0.39, 0.29) is 18.1 Å². The molecule has 128 valence electrons. The molecule has 0 saturated carbocycles. The van der Waals surface area contributed by atoms with E-state index in [0.717, 1.165) is 11.1 Å². The molecular formula is C21H16FN3O. The summed E-state index contributed by atoms with van der Waals surface area (Å²) in [5.41, 5.74) is 2.99. The van der Waals surface area contributed by atoms with E-state index in [1.807, 2.05) is 60.7 Å². The Morgan fingerprint density at radius 2 is 1.65 bits per heavy atom. The van der Waals surface area contributed by atoms with Crippen molar-refractivity contribution in [3.05, 3.63) is 90.4 Å². The van der Waals surface area contributed by atoms with Gasteiger partial charge in [-0.3, -0.25) is 9.20 Å². The minimum atomic E-state index is -0.366. The van der Waals surface area contributed by atoms with Crippen molar-refractivity contribution in [3.63, 3.8) is 0 Å². The van der Waals surface area contributed by atoms with Crippen molar-refractivity contribution < 1.29 is 9.18 Å². The van der Waals surface area contributed by atoms with Crippen LogP contribution in [0, 0.1) is 5.82 Å². The third-order valence-electron chi connectivity index (χ3n) is 4.09. The van der Waals surface area contributed by atoms with Gasteiger partial charge < -0.3 is 5.32 Å². The molecule has 0 aliphatic heterocycles. The summed E-state index contributed by atoms with van der Waals surface area (Å²) in [7, 11) is 0. The molecule has 0 saturated heterocycles. The van der Waals surface area contributed by atoms with Crippen molar-refractivity contribution >= 4 is 17.4 Å². The first-order valence-electron chi connectivity index (χ1n) is 8.27. The van der Waals surface area contributed by atoms with Crippen molar-refractivity contribution in [2.24, 2.45) is 0 Å². The van der Waals surface area contributed by atoms with Crippen LogP contribution in [0.15, 0.2) is 79.0 Å². The van der Waals surface area contributed by atoms with Crippen molar-refractivity contribution in [1.82, 2.24) is 9.38 Å². The lowest BCUT2D eigenvalue weighted by Gasteiger charge is -2.07. The second-order valence-corrected chi connectivity index (χ2v) is 5.96. The summed E-state index contributed by atoms with van der Waals surface area (Å²) < 4.78 is 15.4. The molecule has 1 N–H and O–H groups in total. The monoisotopic (exact) mass is 345 g/mol. The van der Waals surface area contributed by atoms with Crippen LogP contribution in [0.1, 0.15) is 5.56 Å². The van der Waals surface area contributed by atoms with Gasteiger partial charge in [0.2, 0.25) is 5.91 Å². The van der Waals surface area contributed by atoms with Crippen molar-refractivity contribution in [2.75, 3.05) is 5.32 Å². The molecule has 0 aliphatic rings. The Bertz CT molecular complexity index is 1060. The molecule has 2 aromatic carbocycles. The first-order chi connectivity index (χ1) is 12.7. The maximum atomic E-state index is 13.8. The number of pyridine rings is 1. The number of halogens is 1. The normalized spacial score (nSPS) is 10.8. The summed E-state index contributed by atoms with van der Waals surface area (Å²) in [4.78, 5) is 17.0. The number of carbonyl (C=O) groups excluding carboxylic acids is 1. The fourth-order valence-corrected chi connectivity index (χ4v) is 2.94. The van der Waals surface area contributed by atoms with Crippen LogP contribution in [0.5, 0.6) is 0 Å². The summed E-state index contributed by atoms with van der Waals surface area (Å²) in [6, 6.07) is 21.9. The quantitative estimate of drug-likeness (QED) is 0.599. The predicted molar refractivity (Wildman–Crippen MR) is 99.4 cm³/mol. The Hall–Kier alpha value is -3.47. The van der Waals surface area contributed by atoms with Gasteiger partial charge in [-0.05, 0) is 17.7 Å². The zero-order valence-corrected chi connectivity index (χ0v) is 13.9. The SMILES string of the molecule is O=C(Cc1ccccc1)Nc1nc2ccc(F)cn2c1-c1ccccc1. The number of amides is 1. The van der Waals surface area contributed by atoms with Crippen LogP contribution in [0.4, 0.5) is 10.2 Å². The highest BCUT2D eigenvalue weighted by atomic mass is 19.1. The molecule has 0 aliphatic carbocycles. The van der Waals surface area contributed by atoms with Crippen LogP contribution in [-0.2, 0) is 11.2 Å². The average Bonchev–Trinajstić information content (AvgIpc) is 3.00. The Morgan fingerprint density at radius 1 is 0.962 bits per heavy atom. The van der Waals surface area contributed by atoms with E-state index in [4.69, 9.17) is 0 Å². The van der Waals surface area contributed by atoms with Crippen LogP contribution in [-0.4, -0.2) is 15.3 Å². The van der Waals surface area contributed by atoms with Gasteiger partial charge in [0.25, 0.3) is 0 Å². The molecule has 4 rings (SSSR count). The smallest absolute Gasteiger partial charge is 0.230 e. The van der Waals surface area contributed by atoms with Gasteiger partial charge >= 0.3 is 0 Å². The molecule has 0 atom stereocenters. The van der Waals surface area contributed by atoms with Crippen LogP contribution >= 0.6 is 0 Å². The lowest BCUT2D eigenvalue weighted by atomic mass is 10.1. The third-order valence-corrected chi connectivity index (χ3v) is 4.09. The predicted octanol–water partition coefficient (Wildman–Crippen LogP) is 4.32. The molecule has 2 heterocycles. The van der Waals surface area contributed by atoms with Gasteiger partial charge in [-0.25, -0.2) is 9.37 Å². The van der Waals surface area contributed by atoms with Gasteiger partial charge in [-0.1, -0.05) is 60.7 Å². The highest BCUT2D eigenvalue weighted by Gasteiger charge is 2.17. The lowest BCUT2D eigenvalue weighted by molar-refractivity contribution is -0.115. The highest BCUT2D eigenvalue weighted by Crippen LogP contribution is 2.29. The van der Waals surface area contributed by atoms with E-state index in [2.05, 4.69) is 10.3 Å². The number of nitrogens with one attached hydrogen (secondary N) is 1. The summed E-state index contributed by atoms with van der Waals surface area (Å²) in [5.74, 6) is -0.116. The first-order valence-corrected chi connectivity index (χ1v) is 8.27. The minimum Gasteiger partial charge on any atom is -0.309 e. The summed E-state index contributed by atoms with van der Waals surface area (Å²) in [6.45, 7) is 0. The van der Waals surface area contributed by atoms with E-state index in [9.17, 15) is 9.18 Å². The van der Waals surface area contributed by atoms with Crippen LogP contribution in [0.2, 0.25) is 0 Å². The fourth-order valence-electron chi connectivity index (χ4n) is 2.94. The first kappa shape index (κ1) is 16.0. The van der Waals surface area contributed by atoms with Gasteiger partial charge in [0, 0.05) is 11.8 Å². The summed E-state index contributed by atoms with van der Waals surface area (Å²) in [5, 5.41) is 2.87. The lowest BCUT2D eigenvalue weighted by Crippen LogP contribution is -2.15. The Balaban J connectivity index is 1.73. The molecule has 0 unspecified atom stereocenters. The van der Waals surface area contributed by atoms with E-state index in [1.54, 1.807) is 10.5 Å². The number of imidazole rings is 1. The molecule has 0 bridgehead atoms. The van der Waals surface area contributed by atoms with Gasteiger partial charge in [-0.2, -0.15) is 0 Å². The number of anilines is 1. The van der Waals surface area contributed by atoms with Crippen LogP contribution in [0.25, 0.3) is 16.9 Å². The van der Waals surface area contributed by atoms with Crippen LogP contribution in [0.3, 0.4) is 0 Å². The number of rotatable bonds is 4. The molecule has 0 fully saturated rings. The number of nitrogens with zero attached hydrogens (tertiary/aromatic N) is 2. The average molecular weight is 345 g/mol. The van der Waals surface area contributed by atoms with Crippen LogP contribution < -0.4 is 5.32 Å². The van der Waals surface area contributed by atoms with E-state index in [1.165, 1.54) is 12.3 Å². The second kappa shape index (κ2) is 6.80. The molecule has 4 nitrogen and oxygen atoms in total. The Kier molecular flexibility index (Phi) is 4.19. The number of hydrogen-bond donors (Lipinski definition) is 1. The molecule has 1 amide bonds. The Morgan fingerprint density at radius 3 is 2.38 bits per heavy atom. The molecule has 0 radical (unpaired) electrons. The zero-order valence-electron chi connectivity index (χ0n) is 13.9. The molecular weight excluding hydrogens is 329 g/mol. The van der Waals surface area contributed by atoms with Crippen molar-refractivity contribution in [3.8, 4) is 11.3 Å². The number of benzene rings is 2. The summed E-state index contributed by atoms with van der Waals surface area (Å²) in [6.07, 6.45) is 1.62. The van der Waals surface area contributed by atoms with Gasteiger partial charge in [0.05, 0.1) is 12.1 Å². The van der Waals surface area contributed by atoms with E-state index < -0.39 is 0 Å². The minimum absolute atomic E-state index is 0.169. The fraction of sp³-hybridized carbons (Fsp3) is 0.0476. The maximum absolute atomic E-state index is 13.8. The topological polar surface area (TPSA) is 46.4 Å². The Labute approximate surface area is 149 Å². The van der Waals surface area contributed by atoms with Gasteiger partial charge in [0.15, 0.2) is 5.82 Å². The number of fused-ring (bicyclic) bond motifs is 1.